The Hall–Kier alpha value is -1.30. The third-order valence-corrected chi connectivity index (χ3v) is 2.03. The largest absolute Gasteiger partial charge is 0.366 e. The van der Waals surface area contributed by atoms with Crippen molar-refractivity contribution in [2.45, 2.75) is 0 Å². The van der Waals surface area contributed by atoms with Gasteiger partial charge in [-0.05, 0) is 6.08 Å². The lowest BCUT2D eigenvalue weighted by Gasteiger charge is -2.04. The van der Waals surface area contributed by atoms with Crippen molar-refractivity contribution < 1.29 is 13.2 Å². The van der Waals surface area contributed by atoms with Crippen molar-refractivity contribution >= 4 is 15.9 Å². The van der Waals surface area contributed by atoms with E-state index in [1.54, 1.807) is 0 Å². The zero-order valence-electron chi connectivity index (χ0n) is 5.44. The van der Waals surface area contributed by atoms with Crippen LogP contribution in [0.25, 0.3) is 0 Å². The first-order valence-corrected chi connectivity index (χ1v) is 4.26. The summed E-state index contributed by atoms with van der Waals surface area (Å²) in [6.45, 7) is 0. The summed E-state index contributed by atoms with van der Waals surface area (Å²) < 4.78 is 23.3. The van der Waals surface area contributed by atoms with Crippen molar-refractivity contribution in [2.24, 2.45) is 5.73 Å². The van der Waals surface area contributed by atoms with Gasteiger partial charge < -0.3 is 5.73 Å². The van der Waals surface area contributed by atoms with Crippen LogP contribution in [0.3, 0.4) is 0 Å². The number of rotatable bonds is 1. The smallest absolute Gasteiger partial charge is 0.254 e. The van der Waals surface area contributed by atoms with Crippen molar-refractivity contribution in [1.82, 2.24) is 4.72 Å². The Labute approximate surface area is 63.6 Å². The predicted molar refractivity (Wildman–Crippen MR) is 38.5 cm³/mol. The molecule has 11 heavy (non-hydrogen) atoms. The molecule has 3 N–H and O–H groups in total. The quantitative estimate of drug-likeness (QED) is 0.523. The molecule has 1 amide bonds. The van der Waals surface area contributed by atoms with Gasteiger partial charge in [-0.1, -0.05) is 0 Å². The average Bonchev–Trinajstić information content (AvgIpc) is 1.86. The van der Waals surface area contributed by atoms with E-state index in [0.717, 1.165) is 17.7 Å². The van der Waals surface area contributed by atoms with E-state index in [1.807, 2.05) is 4.72 Å². The van der Waals surface area contributed by atoms with Crippen LogP contribution in [0.1, 0.15) is 0 Å². The van der Waals surface area contributed by atoms with E-state index in [0.29, 0.717) is 0 Å². The Kier molecular flexibility index (Phi) is 1.69. The van der Waals surface area contributed by atoms with Crippen LogP contribution in [0.2, 0.25) is 0 Å². The van der Waals surface area contributed by atoms with Crippen LogP contribution in [0.5, 0.6) is 0 Å². The van der Waals surface area contributed by atoms with Gasteiger partial charge in [0.2, 0.25) is 5.91 Å². The summed E-state index contributed by atoms with van der Waals surface area (Å²) in [5.74, 6) is -0.663. The highest BCUT2D eigenvalue weighted by Gasteiger charge is 2.10. The molecule has 0 aromatic carbocycles. The van der Waals surface area contributed by atoms with Crippen molar-refractivity contribution in [2.75, 3.05) is 0 Å². The first-order valence-electron chi connectivity index (χ1n) is 2.72. The van der Waals surface area contributed by atoms with Crippen molar-refractivity contribution in [3.63, 3.8) is 0 Å². The monoisotopic (exact) mass is 174 g/mol. The molecule has 0 radical (unpaired) electrons. The van der Waals surface area contributed by atoms with Gasteiger partial charge in [0.05, 0.1) is 11.0 Å². The average molecular weight is 174 g/mol. The molecule has 0 spiro atoms. The molecule has 5 nitrogen and oxygen atoms in total. The van der Waals surface area contributed by atoms with Gasteiger partial charge in [-0.25, -0.2) is 8.42 Å². The fourth-order valence-electron chi connectivity index (χ4n) is 0.549. The van der Waals surface area contributed by atoms with Gasteiger partial charge in [0.1, 0.15) is 0 Å². The summed E-state index contributed by atoms with van der Waals surface area (Å²) in [6, 6.07) is 0. The van der Waals surface area contributed by atoms with E-state index in [1.165, 1.54) is 0 Å². The Morgan fingerprint density at radius 1 is 1.55 bits per heavy atom. The zero-order chi connectivity index (χ0) is 8.48. The van der Waals surface area contributed by atoms with E-state index < -0.39 is 15.9 Å². The number of sulfonamides is 1. The second-order valence-electron chi connectivity index (χ2n) is 1.93. The van der Waals surface area contributed by atoms with Crippen LogP contribution in [-0.4, -0.2) is 14.3 Å². The summed E-state index contributed by atoms with van der Waals surface area (Å²) in [5, 5.41) is 0.882. The van der Waals surface area contributed by atoms with Crippen molar-refractivity contribution in [3.8, 4) is 0 Å². The number of nitrogens with one attached hydrogen (secondary N) is 1. The minimum Gasteiger partial charge on any atom is -0.366 e. The van der Waals surface area contributed by atoms with E-state index in [-0.39, 0.29) is 5.57 Å². The van der Waals surface area contributed by atoms with E-state index in [9.17, 15) is 13.2 Å². The van der Waals surface area contributed by atoms with Gasteiger partial charge in [-0.3, -0.25) is 9.52 Å². The molecule has 0 aromatic heterocycles. The van der Waals surface area contributed by atoms with Crippen LogP contribution in [0, 0.1) is 0 Å². The Balaban J connectivity index is 2.92. The normalized spacial score (nSPS) is 20.2. The number of carbonyl (C=O) groups is 1. The van der Waals surface area contributed by atoms with E-state index in [2.05, 4.69) is 0 Å². The zero-order valence-corrected chi connectivity index (χ0v) is 6.26. The minimum absolute atomic E-state index is 0.139. The molecule has 0 atom stereocenters. The number of hydrogen-bond donors (Lipinski definition) is 2. The second-order valence-corrected chi connectivity index (χ2v) is 3.53. The first kappa shape index (κ1) is 7.80. The maximum Gasteiger partial charge on any atom is 0.254 e. The lowest BCUT2D eigenvalue weighted by Crippen LogP contribution is -2.23. The Bertz CT molecular complexity index is 339. The summed E-state index contributed by atoms with van der Waals surface area (Å²) in [5.41, 5.74) is 5.00. The van der Waals surface area contributed by atoms with E-state index >= 15 is 0 Å². The first-order chi connectivity index (χ1) is 5.01. The highest BCUT2D eigenvalue weighted by Crippen LogP contribution is 2.02. The molecule has 0 unspecified atom stereocenters. The van der Waals surface area contributed by atoms with Crippen LogP contribution >= 0.6 is 0 Å². The SMILES string of the molecule is NC(=O)C1=CNS(=O)(=O)C=C1. The summed E-state index contributed by atoms with van der Waals surface area (Å²) in [6.07, 6.45) is 2.20. The molecule has 0 saturated carbocycles. The summed E-state index contributed by atoms with van der Waals surface area (Å²) >= 11 is 0. The highest BCUT2D eigenvalue weighted by atomic mass is 32.2. The Morgan fingerprint density at radius 3 is 2.55 bits per heavy atom. The molecule has 1 aliphatic rings. The second kappa shape index (κ2) is 2.39. The number of hydrogen-bond acceptors (Lipinski definition) is 3. The maximum absolute atomic E-state index is 10.6. The van der Waals surface area contributed by atoms with Crippen molar-refractivity contribution in [1.29, 1.82) is 0 Å². The lowest BCUT2D eigenvalue weighted by molar-refractivity contribution is -0.114. The van der Waals surface area contributed by atoms with Gasteiger partial charge in [0.15, 0.2) is 0 Å². The number of nitrogens with two attached hydrogens (primary N) is 1. The highest BCUT2D eigenvalue weighted by molar-refractivity contribution is 7.92. The lowest BCUT2D eigenvalue weighted by atomic mass is 10.3. The van der Waals surface area contributed by atoms with Crippen LogP contribution < -0.4 is 10.5 Å². The Morgan fingerprint density at radius 2 is 2.18 bits per heavy atom. The molecular formula is C5H6N2O3S. The van der Waals surface area contributed by atoms with Gasteiger partial charge in [0.25, 0.3) is 10.0 Å². The standard InChI is InChI=1S/C5H6N2O3S/c6-5(8)4-1-2-11(9,10)7-3-4/h1-3,7H,(H2,6,8). The topological polar surface area (TPSA) is 89.3 Å². The maximum atomic E-state index is 10.6. The third-order valence-electron chi connectivity index (χ3n) is 1.09. The van der Waals surface area contributed by atoms with Gasteiger partial charge in [0, 0.05) is 6.20 Å². The molecule has 1 heterocycles. The number of carbonyl (C=O) groups excluding carboxylic acids is 1. The molecule has 0 aliphatic carbocycles. The molecule has 1 aliphatic heterocycles. The van der Waals surface area contributed by atoms with Gasteiger partial charge in [-0.15, -0.1) is 0 Å². The van der Waals surface area contributed by atoms with Crippen molar-refractivity contribution in [3.05, 3.63) is 23.3 Å². The molecule has 60 valence electrons. The van der Waals surface area contributed by atoms with Crippen LogP contribution in [-0.2, 0) is 14.8 Å². The minimum atomic E-state index is -3.36. The fourth-order valence-corrected chi connectivity index (χ4v) is 1.24. The molecule has 0 bridgehead atoms. The summed E-state index contributed by atoms with van der Waals surface area (Å²) in [4.78, 5) is 10.4. The molecule has 1 rings (SSSR count). The predicted octanol–water partition coefficient (Wildman–Crippen LogP) is -1.20. The third kappa shape index (κ3) is 1.81. The molecule has 0 fully saturated rings. The fraction of sp³-hybridized carbons (Fsp3) is 0. The van der Waals surface area contributed by atoms with E-state index in [4.69, 9.17) is 5.73 Å². The number of amides is 1. The molecule has 0 saturated heterocycles. The van der Waals surface area contributed by atoms with Crippen LogP contribution in [0.15, 0.2) is 23.3 Å². The van der Waals surface area contributed by atoms with Crippen LogP contribution in [0.4, 0.5) is 0 Å². The summed E-state index contributed by atoms with van der Waals surface area (Å²) in [7, 11) is -3.36. The van der Waals surface area contributed by atoms with Gasteiger partial charge >= 0.3 is 0 Å². The van der Waals surface area contributed by atoms with Gasteiger partial charge in [-0.2, -0.15) is 0 Å². The number of primary amides is 1. The molecule has 0 aromatic rings. The molecule has 6 heteroatoms. The molecular weight excluding hydrogens is 168 g/mol.